The Balaban J connectivity index is 1.52. The first-order valence-electron chi connectivity index (χ1n) is 11.5. The summed E-state index contributed by atoms with van der Waals surface area (Å²) in [6.07, 6.45) is 2.49. The molecule has 1 fully saturated rings. The number of fused-ring (bicyclic) bond motifs is 1. The van der Waals surface area contributed by atoms with Crippen LogP contribution in [0.4, 0.5) is 4.79 Å². The van der Waals surface area contributed by atoms with Crippen LogP contribution in [0.5, 0.6) is 0 Å². The van der Waals surface area contributed by atoms with Crippen molar-refractivity contribution in [1.29, 1.82) is 0 Å². The highest BCUT2D eigenvalue weighted by atomic mass is 79.9. The van der Waals surface area contributed by atoms with Gasteiger partial charge in [-0.1, -0.05) is 54.6 Å². The minimum atomic E-state index is -0.529. The molecule has 0 bridgehead atoms. The first-order valence-corrected chi connectivity index (χ1v) is 12.3. The minimum absolute atomic E-state index is 0.375. The average Bonchev–Trinajstić information content (AvgIpc) is 3.14. The van der Waals surface area contributed by atoms with Crippen LogP contribution in [0.2, 0.25) is 0 Å². The largest absolute Gasteiger partial charge is 0.444 e. The third kappa shape index (κ3) is 4.32. The molecule has 2 heterocycles. The molecular formula is C27H27BrN4O2. The van der Waals surface area contributed by atoms with E-state index >= 15 is 0 Å². The highest BCUT2D eigenvalue weighted by Gasteiger charge is 2.41. The van der Waals surface area contributed by atoms with E-state index in [0.717, 1.165) is 57.6 Å². The van der Waals surface area contributed by atoms with Gasteiger partial charge < -0.3 is 10.1 Å². The van der Waals surface area contributed by atoms with E-state index in [1.165, 1.54) is 0 Å². The fourth-order valence-electron chi connectivity index (χ4n) is 4.43. The molecule has 2 aromatic heterocycles. The first-order chi connectivity index (χ1) is 16.2. The Bertz CT molecular complexity index is 1340. The Kier molecular flexibility index (Phi) is 5.68. The number of halogens is 1. The van der Waals surface area contributed by atoms with Crippen molar-refractivity contribution in [2.24, 2.45) is 0 Å². The summed E-state index contributed by atoms with van der Waals surface area (Å²) in [7, 11) is 0. The zero-order valence-electron chi connectivity index (χ0n) is 19.5. The number of hydrogen-bond donors (Lipinski definition) is 1. The standard InChI is InChI=1S/C27H27BrN4O2/c1-26(2,3)34-25(33)30-27(16-7-17-27)20-12-10-18(11-13-20)23-24(19-8-5-4-6-9-19)32-22(29-23)15-14-21(28)31-32/h4-6,8-15H,7,16-17H2,1-3H3,(H,30,33). The summed E-state index contributed by atoms with van der Waals surface area (Å²) in [5, 5.41) is 7.78. The normalized spacial score (nSPS) is 15.1. The fraction of sp³-hybridized carbons (Fsp3) is 0.296. The number of amides is 1. The zero-order valence-corrected chi connectivity index (χ0v) is 21.1. The van der Waals surface area contributed by atoms with Gasteiger partial charge in [0.15, 0.2) is 5.65 Å². The number of ether oxygens (including phenoxy) is 1. The number of carbonyl (C=O) groups is 1. The third-order valence-corrected chi connectivity index (χ3v) is 6.57. The number of aromatic nitrogens is 3. The van der Waals surface area contributed by atoms with E-state index in [9.17, 15) is 4.79 Å². The molecular weight excluding hydrogens is 492 g/mol. The Morgan fingerprint density at radius 1 is 1.00 bits per heavy atom. The zero-order chi connectivity index (χ0) is 23.9. The number of hydrogen-bond acceptors (Lipinski definition) is 4. The predicted molar refractivity (Wildman–Crippen MR) is 136 cm³/mol. The Morgan fingerprint density at radius 3 is 2.32 bits per heavy atom. The highest BCUT2D eigenvalue weighted by Crippen LogP contribution is 2.42. The summed E-state index contributed by atoms with van der Waals surface area (Å²) in [6.45, 7) is 5.63. The van der Waals surface area contributed by atoms with E-state index in [0.29, 0.717) is 0 Å². The van der Waals surface area contributed by atoms with Gasteiger partial charge in [0.1, 0.15) is 15.9 Å². The lowest BCUT2D eigenvalue weighted by Crippen LogP contribution is -2.52. The molecule has 1 saturated carbocycles. The molecule has 0 atom stereocenters. The summed E-state index contributed by atoms with van der Waals surface area (Å²) in [5.74, 6) is 0. The van der Waals surface area contributed by atoms with Crippen LogP contribution in [0, 0.1) is 0 Å². The second-order valence-electron chi connectivity index (χ2n) is 9.74. The van der Waals surface area contributed by atoms with Crippen molar-refractivity contribution in [3.63, 3.8) is 0 Å². The maximum atomic E-state index is 12.5. The van der Waals surface area contributed by atoms with E-state index in [1.54, 1.807) is 0 Å². The lowest BCUT2D eigenvalue weighted by atomic mass is 9.71. The smallest absolute Gasteiger partial charge is 0.408 e. The van der Waals surface area contributed by atoms with Gasteiger partial charge in [-0.15, -0.1) is 0 Å². The molecule has 0 radical (unpaired) electrons. The van der Waals surface area contributed by atoms with Crippen LogP contribution in [0.25, 0.3) is 28.2 Å². The van der Waals surface area contributed by atoms with E-state index in [-0.39, 0.29) is 11.6 Å². The molecule has 0 unspecified atom stereocenters. The van der Waals surface area contributed by atoms with Crippen LogP contribution in [0.3, 0.4) is 0 Å². The molecule has 1 aliphatic rings. The third-order valence-electron chi connectivity index (χ3n) is 6.15. The molecule has 1 amide bonds. The number of rotatable bonds is 4. The monoisotopic (exact) mass is 518 g/mol. The molecule has 34 heavy (non-hydrogen) atoms. The molecule has 0 saturated heterocycles. The second kappa shape index (κ2) is 8.55. The molecule has 5 rings (SSSR count). The predicted octanol–water partition coefficient (Wildman–Crippen LogP) is 6.73. The van der Waals surface area contributed by atoms with Crippen molar-refractivity contribution in [3.8, 4) is 22.5 Å². The van der Waals surface area contributed by atoms with Crippen LogP contribution in [-0.4, -0.2) is 26.3 Å². The SMILES string of the molecule is CC(C)(C)OC(=O)NC1(c2ccc(-c3nc4ccc(Br)nn4c3-c3ccccc3)cc2)CCC1. The van der Waals surface area contributed by atoms with Crippen LogP contribution < -0.4 is 5.32 Å². The quantitative estimate of drug-likeness (QED) is 0.325. The van der Waals surface area contributed by atoms with Gasteiger partial charge in [0.2, 0.25) is 0 Å². The number of benzene rings is 2. The van der Waals surface area contributed by atoms with Gasteiger partial charge in [-0.2, -0.15) is 5.10 Å². The topological polar surface area (TPSA) is 68.5 Å². The molecule has 4 aromatic rings. The minimum Gasteiger partial charge on any atom is -0.444 e. The van der Waals surface area contributed by atoms with Crippen molar-refractivity contribution >= 4 is 27.7 Å². The van der Waals surface area contributed by atoms with Gasteiger partial charge in [0.05, 0.1) is 11.2 Å². The van der Waals surface area contributed by atoms with E-state index in [2.05, 4.69) is 62.7 Å². The maximum absolute atomic E-state index is 12.5. The van der Waals surface area contributed by atoms with Crippen molar-refractivity contribution in [3.05, 3.63) is 76.9 Å². The Hall–Kier alpha value is -3.19. The molecule has 6 nitrogen and oxygen atoms in total. The summed E-state index contributed by atoms with van der Waals surface area (Å²) in [4.78, 5) is 17.4. The van der Waals surface area contributed by atoms with Gasteiger partial charge in [-0.3, -0.25) is 0 Å². The molecule has 0 aliphatic heterocycles. The molecule has 1 aliphatic carbocycles. The Morgan fingerprint density at radius 2 is 1.71 bits per heavy atom. The van der Waals surface area contributed by atoms with Crippen LogP contribution in [0.1, 0.15) is 45.6 Å². The number of carbonyl (C=O) groups excluding carboxylic acids is 1. The number of nitrogens with one attached hydrogen (secondary N) is 1. The maximum Gasteiger partial charge on any atom is 0.408 e. The van der Waals surface area contributed by atoms with Crippen LogP contribution >= 0.6 is 15.9 Å². The van der Waals surface area contributed by atoms with E-state index < -0.39 is 5.60 Å². The number of alkyl carbamates (subject to hydrolysis) is 1. The highest BCUT2D eigenvalue weighted by molar-refractivity contribution is 9.10. The average molecular weight is 519 g/mol. The van der Waals surface area contributed by atoms with Crippen molar-refractivity contribution in [2.45, 2.75) is 51.2 Å². The Labute approximate surface area is 207 Å². The van der Waals surface area contributed by atoms with E-state index in [1.807, 2.05) is 55.6 Å². The number of nitrogens with zero attached hydrogens (tertiary/aromatic N) is 3. The second-order valence-corrected chi connectivity index (χ2v) is 10.6. The lowest BCUT2D eigenvalue weighted by molar-refractivity contribution is 0.0377. The summed E-state index contributed by atoms with van der Waals surface area (Å²) in [6, 6.07) is 22.4. The van der Waals surface area contributed by atoms with Gasteiger partial charge in [-0.05, 0) is 73.7 Å². The van der Waals surface area contributed by atoms with Crippen molar-refractivity contribution < 1.29 is 9.53 Å². The first kappa shape index (κ1) is 22.6. The van der Waals surface area contributed by atoms with Crippen LogP contribution in [-0.2, 0) is 10.3 Å². The molecule has 174 valence electrons. The van der Waals surface area contributed by atoms with Gasteiger partial charge in [0, 0.05) is 11.1 Å². The lowest BCUT2D eigenvalue weighted by Gasteiger charge is -2.43. The molecule has 0 spiro atoms. The molecule has 2 aromatic carbocycles. The summed E-state index contributed by atoms with van der Waals surface area (Å²) in [5.41, 5.74) is 4.80. The summed E-state index contributed by atoms with van der Waals surface area (Å²) < 4.78 is 8.14. The van der Waals surface area contributed by atoms with Crippen molar-refractivity contribution in [1.82, 2.24) is 19.9 Å². The van der Waals surface area contributed by atoms with Gasteiger partial charge in [0.25, 0.3) is 0 Å². The molecule has 1 N–H and O–H groups in total. The van der Waals surface area contributed by atoms with Gasteiger partial charge in [-0.25, -0.2) is 14.3 Å². The molecule has 7 heteroatoms. The van der Waals surface area contributed by atoms with E-state index in [4.69, 9.17) is 9.72 Å². The van der Waals surface area contributed by atoms with Crippen LogP contribution in [0.15, 0.2) is 71.3 Å². The summed E-state index contributed by atoms with van der Waals surface area (Å²) >= 11 is 3.48. The van der Waals surface area contributed by atoms with Gasteiger partial charge >= 0.3 is 6.09 Å². The fourth-order valence-corrected chi connectivity index (χ4v) is 4.72. The van der Waals surface area contributed by atoms with Crippen molar-refractivity contribution in [2.75, 3.05) is 0 Å². The number of imidazole rings is 1.